The molecule has 37 heavy (non-hydrogen) atoms. The lowest BCUT2D eigenvalue weighted by molar-refractivity contribution is 0.0664. The lowest BCUT2D eigenvalue weighted by Gasteiger charge is -2.32. The normalized spacial score (nSPS) is 18.1. The molecule has 1 saturated heterocycles. The van der Waals surface area contributed by atoms with Crippen molar-refractivity contribution in [2.24, 2.45) is 5.92 Å². The number of carbonyl (C=O) groups is 1. The molecule has 0 bridgehead atoms. The number of nitrogens with one attached hydrogen (secondary N) is 2. The standard InChI is InChI=1S/C29H43N3O5/c1-21(2)32(29(34)23-11-12-27(36-4)28(16-23)37-14-8-13-35-3)20-24-17-30-19-26(24)31-18-25(33)15-22-9-6-5-7-10-22/h5-7,9-12,16,21,24-26,30-31,33H,8,13-15,17-20H2,1-4H3/t24-,25?,26+/m0/s1. The quantitative estimate of drug-likeness (QED) is 0.316. The van der Waals surface area contributed by atoms with E-state index >= 15 is 0 Å². The number of carbonyl (C=O) groups excluding carboxylic acids is 1. The van der Waals surface area contributed by atoms with Gasteiger partial charge in [-0.05, 0) is 44.0 Å². The molecule has 0 aliphatic carbocycles. The van der Waals surface area contributed by atoms with Gasteiger partial charge >= 0.3 is 0 Å². The van der Waals surface area contributed by atoms with Gasteiger partial charge in [0.1, 0.15) is 0 Å². The van der Waals surface area contributed by atoms with E-state index in [1.807, 2.05) is 49.1 Å². The summed E-state index contributed by atoms with van der Waals surface area (Å²) < 4.78 is 16.4. The third-order valence-electron chi connectivity index (χ3n) is 6.75. The molecule has 0 aromatic heterocycles. The van der Waals surface area contributed by atoms with E-state index in [1.54, 1.807) is 32.4 Å². The highest BCUT2D eigenvalue weighted by Gasteiger charge is 2.32. The predicted molar refractivity (Wildman–Crippen MR) is 145 cm³/mol. The monoisotopic (exact) mass is 513 g/mol. The van der Waals surface area contributed by atoms with Crippen LogP contribution < -0.4 is 20.1 Å². The smallest absolute Gasteiger partial charge is 0.254 e. The minimum Gasteiger partial charge on any atom is -0.493 e. The number of rotatable bonds is 15. The molecule has 1 aliphatic rings. The number of hydrogen-bond acceptors (Lipinski definition) is 7. The molecule has 0 saturated carbocycles. The van der Waals surface area contributed by atoms with Crippen LogP contribution in [-0.2, 0) is 11.2 Å². The van der Waals surface area contributed by atoms with Crippen molar-refractivity contribution in [3.05, 3.63) is 59.7 Å². The fourth-order valence-corrected chi connectivity index (χ4v) is 4.66. The highest BCUT2D eigenvalue weighted by molar-refractivity contribution is 5.95. The molecule has 8 nitrogen and oxygen atoms in total. The first-order valence-electron chi connectivity index (χ1n) is 13.2. The van der Waals surface area contributed by atoms with Gasteiger partial charge in [-0.3, -0.25) is 4.79 Å². The van der Waals surface area contributed by atoms with Crippen LogP contribution in [-0.4, -0.2) is 87.7 Å². The van der Waals surface area contributed by atoms with Crippen molar-refractivity contribution < 1.29 is 24.1 Å². The lowest BCUT2D eigenvalue weighted by atomic mass is 10.0. The summed E-state index contributed by atoms with van der Waals surface area (Å²) in [6, 6.07) is 15.6. The van der Waals surface area contributed by atoms with E-state index in [-0.39, 0.29) is 23.9 Å². The molecule has 1 fully saturated rings. The molecule has 3 rings (SSSR count). The van der Waals surface area contributed by atoms with E-state index < -0.39 is 6.10 Å². The summed E-state index contributed by atoms with van der Waals surface area (Å²) >= 11 is 0. The molecular weight excluding hydrogens is 470 g/mol. The predicted octanol–water partition coefficient (Wildman–Crippen LogP) is 2.74. The Balaban J connectivity index is 1.61. The first-order chi connectivity index (χ1) is 17.9. The van der Waals surface area contributed by atoms with Crippen LogP contribution in [0.5, 0.6) is 11.5 Å². The van der Waals surface area contributed by atoms with Crippen molar-refractivity contribution in [2.75, 3.05) is 53.6 Å². The second-order valence-electron chi connectivity index (χ2n) is 9.89. The second-order valence-corrected chi connectivity index (χ2v) is 9.89. The molecule has 204 valence electrons. The molecule has 3 N–H and O–H groups in total. The zero-order chi connectivity index (χ0) is 26.6. The molecule has 3 atom stereocenters. The number of nitrogens with zero attached hydrogens (tertiary/aromatic N) is 1. The summed E-state index contributed by atoms with van der Waals surface area (Å²) in [7, 11) is 3.25. The van der Waals surface area contributed by atoms with Crippen molar-refractivity contribution in [3.63, 3.8) is 0 Å². The van der Waals surface area contributed by atoms with E-state index in [4.69, 9.17) is 14.2 Å². The first kappa shape index (κ1) is 28.9. The molecule has 0 radical (unpaired) electrons. The Morgan fingerprint density at radius 3 is 2.59 bits per heavy atom. The summed E-state index contributed by atoms with van der Waals surface area (Å²) in [6.45, 7) is 7.92. The number of aliphatic hydroxyl groups excluding tert-OH is 1. The highest BCUT2D eigenvalue weighted by Crippen LogP contribution is 2.29. The number of ether oxygens (including phenoxy) is 3. The zero-order valence-electron chi connectivity index (χ0n) is 22.6. The molecule has 2 aromatic carbocycles. The van der Waals surface area contributed by atoms with Gasteiger partial charge < -0.3 is 34.9 Å². The van der Waals surface area contributed by atoms with Crippen LogP contribution in [0.2, 0.25) is 0 Å². The van der Waals surface area contributed by atoms with E-state index in [1.165, 1.54) is 0 Å². The molecule has 0 spiro atoms. The van der Waals surface area contributed by atoms with Crippen LogP contribution in [0.4, 0.5) is 0 Å². The van der Waals surface area contributed by atoms with Crippen LogP contribution in [0.1, 0.15) is 36.2 Å². The Kier molecular flexibility index (Phi) is 11.7. The van der Waals surface area contributed by atoms with Crippen LogP contribution in [0.3, 0.4) is 0 Å². The minimum absolute atomic E-state index is 0.0330. The molecule has 1 heterocycles. The van der Waals surface area contributed by atoms with Crippen LogP contribution in [0.15, 0.2) is 48.5 Å². The van der Waals surface area contributed by atoms with Gasteiger partial charge in [0.15, 0.2) is 11.5 Å². The maximum atomic E-state index is 13.6. The Hall–Kier alpha value is -2.65. The summed E-state index contributed by atoms with van der Waals surface area (Å²) in [5.41, 5.74) is 1.70. The summed E-state index contributed by atoms with van der Waals surface area (Å²) in [5.74, 6) is 1.36. The molecule has 1 aliphatic heterocycles. The number of benzene rings is 2. The minimum atomic E-state index is -0.465. The van der Waals surface area contributed by atoms with E-state index in [9.17, 15) is 9.90 Å². The van der Waals surface area contributed by atoms with Gasteiger partial charge in [-0.1, -0.05) is 30.3 Å². The largest absolute Gasteiger partial charge is 0.493 e. The third-order valence-corrected chi connectivity index (χ3v) is 6.75. The lowest BCUT2D eigenvalue weighted by Crippen LogP contribution is -2.47. The third kappa shape index (κ3) is 8.71. The molecular formula is C29H43N3O5. The Labute approximate surface area is 221 Å². The summed E-state index contributed by atoms with van der Waals surface area (Å²) in [5, 5.41) is 17.5. The SMILES string of the molecule is COCCCOc1cc(C(=O)N(C[C@@H]2CNC[C@H]2NCC(O)Cc2ccccc2)C(C)C)ccc1OC. The highest BCUT2D eigenvalue weighted by atomic mass is 16.5. The van der Waals surface area contributed by atoms with Crippen LogP contribution in [0, 0.1) is 5.92 Å². The van der Waals surface area contributed by atoms with Crippen molar-refractivity contribution in [2.45, 2.75) is 44.9 Å². The topological polar surface area (TPSA) is 92.3 Å². The Morgan fingerprint density at radius 1 is 1.11 bits per heavy atom. The van der Waals surface area contributed by atoms with Gasteiger partial charge in [0, 0.05) is 69.9 Å². The van der Waals surface area contributed by atoms with Gasteiger partial charge in [0.05, 0.1) is 19.8 Å². The van der Waals surface area contributed by atoms with E-state index in [0.29, 0.717) is 49.8 Å². The molecule has 8 heteroatoms. The van der Waals surface area contributed by atoms with Crippen molar-refractivity contribution in [1.29, 1.82) is 0 Å². The second kappa shape index (κ2) is 14.9. The fraction of sp³-hybridized carbons (Fsp3) is 0.552. The Bertz CT molecular complexity index is 956. The number of amides is 1. The first-order valence-corrected chi connectivity index (χ1v) is 13.2. The van der Waals surface area contributed by atoms with Gasteiger partial charge in [0.2, 0.25) is 0 Å². The molecule has 1 amide bonds. The van der Waals surface area contributed by atoms with Gasteiger partial charge in [0.25, 0.3) is 5.91 Å². The number of methoxy groups -OCH3 is 2. The number of hydrogen-bond donors (Lipinski definition) is 3. The van der Waals surface area contributed by atoms with E-state index in [2.05, 4.69) is 10.6 Å². The maximum absolute atomic E-state index is 13.6. The summed E-state index contributed by atoms with van der Waals surface area (Å²) in [6.07, 6.45) is 0.898. The number of aliphatic hydroxyl groups is 1. The average molecular weight is 514 g/mol. The summed E-state index contributed by atoms with van der Waals surface area (Å²) in [4.78, 5) is 15.5. The fourth-order valence-electron chi connectivity index (χ4n) is 4.66. The van der Waals surface area contributed by atoms with Crippen molar-refractivity contribution in [1.82, 2.24) is 15.5 Å². The average Bonchev–Trinajstić information content (AvgIpc) is 3.35. The zero-order valence-corrected chi connectivity index (χ0v) is 22.6. The van der Waals surface area contributed by atoms with Gasteiger partial charge in [-0.15, -0.1) is 0 Å². The van der Waals surface area contributed by atoms with Crippen LogP contribution >= 0.6 is 0 Å². The van der Waals surface area contributed by atoms with Crippen LogP contribution in [0.25, 0.3) is 0 Å². The molecule has 1 unspecified atom stereocenters. The molecule has 2 aromatic rings. The van der Waals surface area contributed by atoms with Crippen molar-refractivity contribution >= 4 is 5.91 Å². The van der Waals surface area contributed by atoms with Gasteiger partial charge in [-0.2, -0.15) is 0 Å². The Morgan fingerprint density at radius 2 is 1.89 bits per heavy atom. The maximum Gasteiger partial charge on any atom is 0.254 e. The van der Waals surface area contributed by atoms with E-state index in [0.717, 1.165) is 25.1 Å². The van der Waals surface area contributed by atoms with Crippen molar-refractivity contribution in [3.8, 4) is 11.5 Å². The van der Waals surface area contributed by atoms with Gasteiger partial charge in [-0.25, -0.2) is 0 Å².